The van der Waals surface area contributed by atoms with Crippen molar-refractivity contribution >= 4 is 28.8 Å². The molecule has 0 aliphatic carbocycles. The van der Waals surface area contributed by atoms with Crippen LogP contribution in [0.3, 0.4) is 0 Å². The highest BCUT2D eigenvalue weighted by atomic mass is 32.1. The van der Waals surface area contributed by atoms with Crippen LogP contribution in [0.4, 0.5) is 5.69 Å². The van der Waals surface area contributed by atoms with Gasteiger partial charge in [0.15, 0.2) is 0 Å². The van der Waals surface area contributed by atoms with Crippen molar-refractivity contribution < 1.29 is 9.21 Å². The molecule has 1 aromatic carbocycles. The summed E-state index contributed by atoms with van der Waals surface area (Å²) in [4.78, 5) is 13.2. The summed E-state index contributed by atoms with van der Waals surface area (Å²) in [5, 5.41) is 15.4. The van der Waals surface area contributed by atoms with Crippen molar-refractivity contribution in [2.24, 2.45) is 5.92 Å². The minimum atomic E-state index is -0.661. The molecule has 2 atom stereocenters. The molecule has 3 rings (SSSR count). The number of carbonyl (C=O) groups is 1. The number of para-hydroxylation sites is 1. The third-order valence-corrected chi connectivity index (χ3v) is 4.26. The Kier molecular flexibility index (Phi) is 4.45. The van der Waals surface area contributed by atoms with E-state index in [1.54, 1.807) is 31.2 Å². The van der Waals surface area contributed by atoms with Gasteiger partial charge in [0, 0.05) is 17.0 Å². The monoisotopic (exact) mass is 337 g/mol. The van der Waals surface area contributed by atoms with Gasteiger partial charge in [-0.3, -0.25) is 4.79 Å². The molecule has 5 nitrogen and oxygen atoms in total. The zero-order valence-electron chi connectivity index (χ0n) is 12.9. The molecular weight excluding hydrogens is 322 g/mol. The SMILES string of the molecule is CC1=C(C(=O)Nc2ccccc2)[C@@H](c2ccco2)[C@@H](C#N)C(=S)N1. The first kappa shape index (κ1) is 16.0. The second kappa shape index (κ2) is 6.69. The Morgan fingerprint density at radius 1 is 1.29 bits per heavy atom. The lowest BCUT2D eigenvalue weighted by Gasteiger charge is -2.30. The van der Waals surface area contributed by atoms with Crippen LogP contribution in [0, 0.1) is 17.2 Å². The number of nitriles is 1. The standard InChI is InChI=1S/C18H15N3O2S/c1-11-15(17(22)21-12-6-3-2-4-7-12)16(14-8-5-9-23-14)13(10-19)18(24)20-11/h2-9,13,16H,1H3,(H,20,24)(H,21,22)/t13-,16-/m1/s1. The Hall–Kier alpha value is -2.91. The van der Waals surface area contributed by atoms with Crippen LogP contribution in [-0.2, 0) is 4.79 Å². The van der Waals surface area contributed by atoms with Crippen molar-refractivity contribution in [1.82, 2.24) is 5.32 Å². The first-order valence-electron chi connectivity index (χ1n) is 7.43. The molecule has 6 heteroatoms. The number of nitrogens with one attached hydrogen (secondary N) is 2. The average Bonchev–Trinajstić information content (AvgIpc) is 3.09. The molecule has 1 amide bonds. The molecule has 1 aliphatic rings. The van der Waals surface area contributed by atoms with Crippen molar-refractivity contribution in [3.63, 3.8) is 0 Å². The van der Waals surface area contributed by atoms with Crippen LogP contribution in [0.15, 0.2) is 64.4 Å². The number of rotatable bonds is 3. The largest absolute Gasteiger partial charge is 0.469 e. The van der Waals surface area contributed by atoms with E-state index in [9.17, 15) is 10.1 Å². The van der Waals surface area contributed by atoms with Gasteiger partial charge in [-0.05, 0) is 31.2 Å². The summed E-state index contributed by atoms with van der Waals surface area (Å²) in [6.45, 7) is 1.77. The number of carbonyl (C=O) groups excluding carboxylic acids is 1. The Balaban J connectivity index is 2.01. The number of amides is 1. The van der Waals surface area contributed by atoms with E-state index in [4.69, 9.17) is 16.6 Å². The van der Waals surface area contributed by atoms with Gasteiger partial charge in [-0.25, -0.2) is 0 Å². The topological polar surface area (TPSA) is 78.1 Å². The Bertz CT molecular complexity index is 835. The van der Waals surface area contributed by atoms with Gasteiger partial charge in [-0.1, -0.05) is 30.4 Å². The summed E-state index contributed by atoms with van der Waals surface area (Å²) in [6.07, 6.45) is 1.52. The highest BCUT2D eigenvalue weighted by Gasteiger charge is 2.40. The Morgan fingerprint density at radius 2 is 2.04 bits per heavy atom. The van der Waals surface area contributed by atoms with Gasteiger partial charge >= 0.3 is 0 Å². The van der Waals surface area contributed by atoms with Crippen molar-refractivity contribution in [2.45, 2.75) is 12.8 Å². The second-order valence-corrected chi connectivity index (χ2v) is 5.89. The van der Waals surface area contributed by atoms with Crippen molar-refractivity contribution in [1.29, 1.82) is 5.26 Å². The van der Waals surface area contributed by atoms with Gasteiger partial charge in [0.1, 0.15) is 11.7 Å². The molecule has 2 heterocycles. The molecule has 0 saturated heterocycles. The maximum Gasteiger partial charge on any atom is 0.254 e. The number of allylic oxidation sites excluding steroid dienone is 1. The first-order valence-corrected chi connectivity index (χ1v) is 7.83. The maximum atomic E-state index is 12.8. The summed E-state index contributed by atoms with van der Waals surface area (Å²) in [5.41, 5.74) is 1.76. The number of anilines is 1. The van der Waals surface area contributed by atoms with E-state index in [1.807, 2.05) is 18.2 Å². The van der Waals surface area contributed by atoms with Crippen LogP contribution in [0.5, 0.6) is 0 Å². The quantitative estimate of drug-likeness (QED) is 0.840. The van der Waals surface area contributed by atoms with E-state index in [2.05, 4.69) is 16.7 Å². The lowest BCUT2D eigenvalue weighted by atomic mass is 9.80. The van der Waals surface area contributed by atoms with E-state index in [0.29, 0.717) is 27.7 Å². The fourth-order valence-electron chi connectivity index (χ4n) is 2.82. The molecule has 0 saturated carbocycles. The smallest absolute Gasteiger partial charge is 0.254 e. The molecule has 1 aromatic heterocycles. The zero-order chi connectivity index (χ0) is 17.1. The van der Waals surface area contributed by atoms with Gasteiger partial charge in [0.05, 0.1) is 23.2 Å². The third kappa shape index (κ3) is 2.94. The molecule has 1 aliphatic heterocycles. The molecule has 120 valence electrons. The highest BCUT2D eigenvalue weighted by molar-refractivity contribution is 7.80. The first-order chi connectivity index (χ1) is 11.6. The lowest BCUT2D eigenvalue weighted by Crippen LogP contribution is -2.40. The van der Waals surface area contributed by atoms with E-state index in [1.165, 1.54) is 6.26 Å². The van der Waals surface area contributed by atoms with E-state index < -0.39 is 11.8 Å². The molecule has 24 heavy (non-hydrogen) atoms. The van der Waals surface area contributed by atoms with Gasteiger partial charge in [-0.15, -0.1) is 0 Å². The van der Waals surface area contributed by atoms with Crippen LogP contribution >= 0.6 is 12.2 Å². The highest BCUT2D eigenvalue weighted by Crippen LogP contribution is 2.37. The Labute approximate surface area is 145 Å². The normalized spacial score (nSPS) is 20.2. The van der Waals surface area contributed by atoms with Crippen molar-refractivity contribution in [3.8, 4) is 6.07 Å². The van der Waals surface area contributed by atoms with E-state index >= 15 is 0 Å². The second-order valence-electron chi connectivity index (χ2n) is 5.45. The molecule has 0 fully saturated rings. The Morgan fingerprint density at radius 3 is 2.67 bits per heavy atom. The van der Waals surface area contributed by atoms with Gasteiger partial charge < -0.3 is 15.1 Å². The fraction of sp³-hybridized carbons (Fsp3) is 0.167. The summed E-state index contributed by atoms with van der Waals surface area (Å²) < 4.78 is 5.48. The molecule has 2 N–H and O–H groups in total. The van der Waals surface area contributed by atoms with Crippen LogP contribution in [0.1, 0.15) is 18.6 Å². The van der Waals surface area contributed by atoms with Crippen LogP contribution in [0.25, 0.3) is 0 Å². The summed E-state index contributed by atoms with van der Waals surface area (Å²) in [6, 6.07) is 14.8. The number of nitrogens with zero attached hydrogens (tertiary/aromatic N) is 1. The minimum absolute atomic E-state index is 0.282. The van der Waals surface area contributed by atoms with Gasteiger partial charge in [0.2, 0.25) is 0 Å². The summed E-state index contributed by atoms with van der Waals surface area (Å²) in [5.74, 6) is -0.938. The zero-order valence-corrected chi connectivity index (χ0v) is 13.8. The summed E-state index contributed by atoms with van der Waals surface area (Å²) >= 11 is 5.28. The van der Waals surface area contributed by atoms with Gasteiger partial charge in [0.25, 0.3) is 5.91 Å². The van der Waals surface area contributed by atoms with Gasteiger partial charge in [-0.2, -0.15) is 5.26 Å². The molecule has 0 bridgehead atoms. The molecule has 0 radical (unpaired) electrons. The lowest BCUT2D eigenvalue weighted by molar-refractivity contribution is -0.113. The molecule has 0 spiro atoms. The number of furan rings is 1. The molecular formula is C18H15N3O2S. The predicted molar refractivity (Wildman–Crippen MR) is 94.1 cm³/mol. The fourth-order valence-corrected chi connectivity index (χ4v) is 3.16. The average molecular weight is 337 g/mol. The summed E-state index contributed by atoms with van der Waals surface area (Å²) in [7, 11) is 0. The van der Waals surface area contributed by atoms with Crippen LogP contribution in [-0.4, -0.2) is 10.9 Å². The number of benzene rings is 1. The molecule has 2 aromatic rings. The predicted octanol–water partition coefficient (Wildman–Crippen LogP) is 3.35. The van der Waals surface area contributed by atoms with E-state index in [-0.39, 0.29) is 5.91 Å². The van der Waals surface area contributed by atoms with Crippen LogP contribution in [0.2, 0.25) is 0 Å². The third-order valence-electron chi connectivity index (χ3n) is 3.91. The van der Waals surface area contributed by atoms with Crippen molar-refractivity contribution in [2.75, 3.05) is 5.32 Å². The number of hydrogen-bond donors (Lipinski definition) is 2. The number of hydrogen-bond acceptors (Lipinski definition) is 4. The maximum absolute atomic E-state index is 12.8. The van der Waals surface area contributed by atoms with Crippen LogP contribution < -0.4 is 10.6 Å². The molecule has 0 unspecified atom stereocenters. The number of thiocarbonyl (C=S) groups is 1. The van der Waals surface area contributed by atoms with Crippen molar-refractivity contribution in [3.05, 3.63) is 65.8 Å². The van der Waals surface area contributed by atoms with E-state index in [0.717, 1.165) is 0 Å². The minimum Gasteiger partial charge on any atom is -0.469 e.